The van der Waals surface area contributed by atoms with Gasteiger partial charge in [0, 0.05) is 48.2 Å². The first-order valence-electron chi connectivity index (χ1n) is 29.0. The van der Waals surface area contributed by atoms with Crippen LogP contribution in [0.3, 0.4) is 0 Å². The van der Waals surface area contributed by atoms with E-state index in [9.17, 15) is 43.2 Å². The van der Waals surface area contributed by atoms with Crippen LogP contribution in [0.2, 0.25) is 0 Å². The number of piperidine rings is 1. The van der Waals surface area contributed by atoms with Crippen molar-refractivity contribution in [2.24, 2.45) is 29.6 Å². The molecule has 3 rings (SSSR count). The predicted octanol–water partition coefficient (Wildman–Crippen LogP) is 2.96. The Balaban J connectivity index is 2.30. The number of fused-ring (bicyclic) bond motifs is 1. The summed E-state index contributed by atoms with van der Waals surface area (Å²) in [5, 5.41) is 8.27. The molecule has 2 fully saturated rings. The maximum Gasteiger partial charge on any atom is 0.329 e. The number of nitrogens with zero attached hydrogens (tertiary/aromatic N) is 6. The summed E-state index contributed by atoms with van der Waals surface area (Å²) in [4.78, 5) is 167. The van der Waals surface area contributed by atoms with Gasteiger partial charge in [-0.3, -0.25) is 47.9 Å². The number of ether oxygens (including phenoxy) is 3. The molecule has 0 bridgehead atoms. The molecule has 0 unspecified atom stereocenters. The molecule has 2 saturated heterocycles. The van der Waals surface area contributed by atoms with Gasteiger partial charge in [-0.25, -0.2) is 4.79 Å². The highest BCUT2D eigenvalue weighted by atomic mass is 16.6. The highest BCUT2D eigenvalue weighted by Crippen LogP contribution is 2.27. The van der Waals surface area contributed by atoms with Gasteiger partial charge in [-0.15, -0.1) is 0 Å². The number of cyclic esters (lactones) is 1. The van der Waals surface area contributed by atoms with Crippen LogP contribution in [0.5, 0.6) is 5.75 Å². The Bertz CT molecular complexity index is 2470. The van der Waals surface area contributed by atoms with Crippen LogP contribution in [0.25, 0.3) is 0 Å². The first-order valence-corrected chi connectivity index (χ1v) is 29.0. The molecule has 0 radical (unpaired) electrons. The van der Waals surface area contributed by atoms with Crippen molar-refractivity contribution < 1.29 is 67.0 Å². The summed E-state index contributed by atoms with van der Waals surface area (Å²) in [6.07, 6.45) is 1.11. The van der Waals surface area contributed by atoms with Crippen LogP contribution < -0.4 is 20.7 Å². The lowest BCUT2D eigenvalue weighted by Gasteiger charge is -2.41. The van der Waals surface area contributed by atoms with Crippen molar-refractivity contribution in [1.29, 1.82) is 0 Å². The van der Waals surface area contributed by atoms with E-state index in [1.165, 1.54) is 70.0 Å². The zero-order valence-electron chi connectivity index (χ0n) is 52.1. The molecule has 83 heavy (non-hydrogen) atoms. The number of benzene rings is 1. The third-order valence-corrected chi connectivity index (χ3v) is 16.2. The van der Waals surface area contributed by atoms with Gasteiger partial charge in [0.1, 0.15) is 60.7 Å². The maximum atomic E-state index is 15.1. The van der Waals surface area contributed by atoms with Gasteiger partial charge in [0.15, 0.2) is 6.10 Å². The molecule has 0 aliphatic carbocycles. The molecule has 464 valence electrons. The number of likely N-dealkylation sites (N-methyl/N-ethyl adjacent to an activating group) is 5. The van der Waals surface area contributed by atoms with E-state index in [1.807, 2.05) is 13.8 Å². The zero-order chi connectivity index (χ0) is 62.9. The summed E-state index contributed by atoms with van der Waals surface area (Å²) in [5.41, 5.74) is 0.584. The normalized spacial score (nSPS) is 26.1. The van der Waals surface area contributed by atoms with Crippen LogP contribution in [0.1, 0.15) is 120 Å². The first-order chi connectivity index (χ1) is 38.9. The number of nitrogens with one attached hydrogen (secondary N) is 3. The van der Waals surface area contributed by atoms with Crippen LogP contribution in [0, 0.1) is 29.6 Å². The number of methoxy groups -OCH3 is 1. The van der Waals surface area contributed by atoms with E-state index in [1.54, 1.807) is 79.7 Å². The fourth-order valence-corrected chi connectivity index (χ4v) is 10.9. The van der Waals surface area contributed by atoms with E-state index < -0.39 is 162 Å². The standard InChI is InChI=1S/C60H95N9O14/c1-19-30-82-46(71)32-44-57(77)68(17)51(38(11)21-3)59(79)67(16)50(37(10)20-2)52(72)61-33-45(70)65(14)48(35(6)7)53(73)62-42(31-40-25-27-41(81-18)28-26-40)60(80)83-39(12)55(75)69-29-23-22-24-43(69)56(76)66(15)49(36(8)9)54(74)63-47(34(4)5)58(78)64(44)13/h19,25-28,34-39,42-44,47-51H,1,20-24,29-33H2,2-18H3,(H,61,72)(H,62,73)(H,63,74)/t37-,38-,39+,42-,43-,44-,47-,48-,49-,50-,51-/m0/s1. The van der Waals surface area contributed by atoms with E-state index in [4.69, 9.17) is 14.2 Å². The molecular weight excluding hydrogens is 1070 g/mol. The molecule has 2 aliphatic rings. The van der Waals surface area contributed by atoms with Gasteiger partial charge in [0.2, 0.25) is 47.3 Å². The van der Waals surface area contributed by atoms with Crippen molar-refractivity contribution in [3.05, 3.63) is 42.5 Å². The van der Waals surface area contributed by atoms with E-state index in [-0.39, 0.29) is 26.0 Å². The van der Waals surface area contributed by atoms with Gasteiger partial charge in [-0.1, -0.05) is 107 Å². The SMILES string of the molecule is C=CCOC(=O)C[C@H]1C(=O)N(C)[C@@H]([C@@H](C)CC)C(=O)N(C)[C@@H]([C@@H](C)CC)C(=O)NCC(=O)N(C)[C@@H](C(C)C)C(=O)N[C@@H](Cc2ccc(OC)cc2)C(=O)O[C@H](C)C(=O)N2CCCC[C@H]2C(=O)N(C)[C@@H](C(C)C)C(=O)N[C@@H](C(C)C)C(=O)N1C. The van der Waals surface area contributed by atoms with Crippen LogP contribution in [-0.2, 0) is 68.6 Å². The van der Waals surface area contributed by atoms with Crippen molar-refractivity contribution in [1.82, 2.24) is 45.3 Å². The predicted molar refractivity (Wildman–Crippen MR) is 310 cm³/mol. The third kappa shape index (κ3) is 18.0. The molecule has 0 aromatic heterocycles. The molecule has 23 heteroatoms. The Morgan fingerprint density at radius 3 is 1.75 bits per heavy atom. The topological polar surface area (TPSA) is 271 Å². The second-order valence-electron chi connectivity index (χ2n) is 23.2. The van der Waals surface area contributed by atoms with Crippen molar-refractivity contribution in [2.75, 3.05) is 62.0 Å². The Morgan fingerprint density at radius 1 is 0.663 bits per heavy atom. The smallest absolute Gasteiger partial charge is 0.329 e. The van der Waals surface area contributed by atoms with Crippen molar-refractivity contribution >= 4 is 65.1 Å². The summed E-state index contributed by atoms with van der Waals surface area (Å²) < 4.78 is 16.5. The van der Waals surface area contributed by atoms with E-state index in [2.05, 4.69) is 22.5 Å². The van der Waals surface area contributed by atoms with Gasteiger partial charge in [0.25, 0.3) is 5.91 Å². The van der Waals surface area contributed by atoms with E-state index in [0.717, 1.165) is 14.7 Å². The minimum absolute atomic E-state index is 0.111. The molecule has 23 nitrogen and oxygen atoms in total. The minimum atomic E-state index is -1.60. The highest BCUT2D eigenvalue weighted by Gasteiger charge is 2.46. The average Bonchev–Trinajstić information content (AvgIpc) is 3.50. The molecule has 1 aromatic rings. The number of amides is 9. The number of hydrogen-bond donors (Lipinski definition) is 3. The van der Waals surface area contributed by atoms with Crippen molar-refractivity contribution in [2.45, 2.75) is 176 Å². The van der Waals surface area contributed by atoms with Crippen LogP contribution in [-0.4, -0.2) is 211 Å². The summed E-state index contributed by atoms with van der Waals surface area (Å²) >= 11 is 0. The van der Waals surface area contributed by atoms with E-state index in [0.29, 0.717) is 37.0 Å². The van der Waals surface area contributed by atoms with Gasteiger partial charge in [-0.2, -0.15) is 0 Å². The number of rotatable bonds is 14. The maximum absolute atomic E-state index is 15.1. The number of carbonyl (C=O) groups is 11. The van der Waals surface area contributed by atoms with Gasteiger partial charge >= 0.3 is 11.9 Å². The average molecular weight is 1170 g/mol. The third-order valence-electron chi connectivity index (χ3n) is 16.2. The lowest BCUT2D eigenvalue weighted by Crippen LogP contribution is -2.63. The molecular formula is C60H95N9O14. The molecule has 0 spiro atoms. The Hall–Kier alpha value is -7.07. The fraction of sp³-hybridized carbons (Fsp3) is 0.683. The summed E-state index contributed by atoms with van der Waals surface area (Å²) in [7, 11) is 8.40. The first kappa shape index (κ1) is 70.2. The van der Waals surface area contributed by atoms with Gasteiger partial charge < -0.3 is 59.6 Å². The second-order valence-corrected chi connectivity index (χ2v) is 23.2. The number of carbonyl (C=O) groups excluding carboxylic acids is 11. The van der Waals surface area contributed by atoms with Crippen LogP contribution >= 0.6 is 0 Å². The summed E-state index contributed by atoms with van der Waals surface area (Å²) in [6.45, 7) is 21.5. The van der Waals surface area contributed by atoms with Crippen molar-refractivity contribution in [3.8, 4) is 5.75 Å². The zero-order valence-corrected chi connectivity index (χ0v) is 52.1. The van der Waals surface area contributed by atoms with Crippen molar-refractivity contribution in [3.63, 3.8) is 0 Å². The number of esters is 2. The van der Waals surface area contributed by atoms with Crippen LogP contribution in [0.15, 0.2) is 36.9 Å². The van der Waals surface area contributed by atoms with Gasteiger partial charge in [0.05, 0.1) is 20.1 Å². The lowest BCUT2D eigenvalue weighted by atomic mass is 9.92. The highest BCUT2D eigenvalue weighted by molar-refractivity contribution is 5.99. The Labute approximate surface area is 491 Å². The molecule has 3 N–H and O–H groups in total. The Morgan fingerprint density at radius 2 is 1.20 bits per heavy atom. The monoisotopic (exact) mass is 1170 g/mol. The van der Waals surface area contributed by atoms with E-state index >= 15 is 9.59 Å². The molecule has 9 amide bonds. The van der Waals surface area contributed by atoms with Gasteiger partial charge in [-0.05, 0) is 73.5 Å². The molecule has 11 atom stereocenters. The molecule has 2 aliphatic heterocycles. The van der Waals surface area contributed by atoms with Crippen LogP contribution in [0.4, 0.5) is 0 Å². The molecule has 2 heterocycles. The second kappa shape index (κ2) is 32.1. The molecule has 1 aromatic carbocycles. The lowest BCUT2D eigenvalue weighted by molar-refractivity contribution is -0.165. The quantitative estimate of drug-likeness (QED) is 0.179. The number of hydrogen-bond acceptors (Lipinski definition) is 14. The fourth-order valence-electron chi connectivity index (χ4n) is 10.9. The largest absolute Gasteiger partial charge is 0.497 e. The summed E-state index contributed by atoms with van der Waals surface area (Å²) in [6, 6.07) is -3.58. The molecule has 0 saturated carbocycles. The summed E-state index contributed by atoms with van der Waals surface area (Å²) in [5.74, 6) is -10.5. The Kier molecular flexibility index (Phi) is 27.2. The minimum Gasteiger partial charge on any atom is -0.497 e.